The second kappa shape index (κ2) is 7.11. The van der Waals surface area contributed by atoms with Crippen molar-refractivity contribution in [2.75, 3.05) is 18.0 Å². The van der Waals surface area contributed by atoms with Gasteiger partial charge in [0, 0.05) is 31.2 Å². The van der Waals surface area contributed by atoms with Crippen molar-refractivity contribution >= 4 is 17.6 Å². The van der Waals surface area contributed by atoms with Crippen molar-refractivity contribution in [1.82, 2.24) is 10.6 Å². The van der Waals surface area contributed by atoms with Crippen molar-refractivity contribution < 1.29 is 9.59 Å². The van der Waals surface area contributed by atoms with Crippen LogP contribution in [-0.2, 0) is 11.2 Å². The van der Waals surface area contributed by atoms with Crippen molar-refractivity contribution in [3.8, 4) is 0 Å². The molecule has 0 spiro atoms. The summed E-state index contributed by atoms with van der Waals surface area (Å²) >= 11 is 0. The van der Waals surface area contributed by atoms with E-state index in [1.165, 1.54) is 5.56 Å². The van der Waals surface area contributed by atoms with Crippen molar-refractivity contribution in [2.24, 2.45) is 0 Å². The Morgan fingerprint density at radius 1 is 1.33 bits per heavy atom. The van der Waals surface area contributed by atoms with Crippen molar-refractivity contribution in [2.45, 2.75) is 39.2 Å². The largest absolute Gasteiger partial charge is 0.354 e. The average molecular weight is 289 g/mol. The van der Waals surface area contributed by atoms with Gasteiger partial charge >= 0.3 is 6.03 Å². The number of nitrogens with one attached hydrogen (secondary N) is 2. The molecule has 0 unspecified atom stereocenters. The number of fused-ring (bicyclic) bond motifs is 1. The summed E-state index contributed by atoms with van der Waals surface area (Å²) in [4.78, 5) is 25.5. The molecule has 1 aromatic rings. The van der Waals surface area contributed by atoms with Gasteiger partial charge in [-0.2, -0.15) is 0 Å². The lowest BCUT2D eigenvalue weighted by Gasteiger charge is -2.18. The fourth-order valence-corrected chi connectivity index (χ4v) is 2.38. The van der Waals surface area contributed by atoms with Crippen LogP contribution in [0.3, 0.4) is 0 Å². The van der Waals surface area contributed by atoms with E-state index in [0.717, 1.165) is 18.5 Å². The number of hydrogen-bond donors (Lipinski definition) is 2. The number of nitrogens with zero attached hydrogens (tertiary/aromatic N) is 1. The maximum absolute atomic E-state index is 12.2. The number of carbonyl (C=O) groups excluding carboxylic acids is 2. The minimum absolute atomic E-state index is 0.0218. The molecular weight excluding hydrogens is 266 g/mol. The summed E-state index contributed by atoms with van der Waals surface area (Å²) in [5, 5.41) is 5.70. The van der Waals surface area contributed by atoms with Gasteiger partial charge < -0.3 is 10.6 Å². The molecule has 5 heteroatoms. The van der Waals surface area contributed by atoms with E-state index in [4.69, 9.17) is 0 Å². The predicted molar refractivity (Wildman–Crippen MR) is 83.4 cm³/mol. The number of benzene rings is 1. The van der Waals surface area contributed by atoms with E-state index in [1.54, 1.807) is 4.90 Å². The van der Waals surface area contributed by atoms with Gasteiger partial charge in [0.05, 0.1) is 0 Å². The topological polar surface area (TPSA) is 61.4 Å². The summed E-state index contributed by atoms with van der Waals surface area (Å²) in [7, 11) is 0. The third-order valence-corrected chi connectivity index (χ3v) is 3.78. The molecule has 1 aromatic carbocycles. The number of urea groups is 1. The Hall–Kier alpha value is -2.04. The monoisotopic (exact) mass is 289 g/mol. The summed E-state index contributed by atoms with van der Waals surface area (Å²) in [6.07, 6.45) is 2.10. The molecule has 3 amide bonds. The van der Waals surface area contributed by atoms with Crippen molar-refractivity contribution in [3.63, 3.8) is 0 Å². The molecule has 1 aliphatic rings. The van der Waals surface area contributed by atoms with Gasteiger partial charge in [-0.3, -0.25) is 9.69 Å². The molecule has 0 saturated carbocycles. The van der Waals surface area contributed by atoms with E-state index in [0.29, 0.717) is 19.5 Å². The molecule has 1 atom stereocenters. The summed E-state index contributed by atoms with van der Waals surface area (Å²) in [6, 6.07) is 7.97. The zero-order chi connectivity index (χ0) is 15.2. The molecule has 0 aromatic heterocycles. The minimum Gasteiger partial charge on any atom is -0.354 e. The van der Waals surface area contributed by atoms with E-state index in [9.17, 15) is 9.59 Å². The normalized spacial score (nSPS) is 14.5. The van der Waals surface area contributed by atoms with Gasteiger partial charge in [0.1, 0.15) is 0 Å². The Morgan fingerprint density at radius 3 is 2.86 bits per heavy atom. The van der Waals surface area contributed by atoms with E-state index < -0.39 is 0 Å². The first-order valence-electron chi connectivity index (χ1n) is 7.54. The van der Waals surface area contributed by atoms with Crippen LogP contribution in [0, 0.1) is 0 Å². The second-order valence-corrected chi connectivity index (χ2v) is 5.39. The molecule has 1 aliphatic heterocycles. The first kappa shape index (κ1) is 15.4. The highest BCUT2D eigenvalue weighted by atomic mass is 16.2. The predicted octanol–water partition coefficient (Wildman–Crippen LogP) is 2.06. The Balaban J connectivity index is 1.77. The van der Waals surface area contributed by atoms with Crippen LogP contribution >= 0.6 is 0 Å². The van der Waals surface area contributed by atoms with E-state index in [-0.39, 0.29) is 18.0 Å². The first-order chi connectivity index (χ1) is 10.1. The van der Waals surface area contributed by atoms with Gasteiger partial charge in [0.2, 0.25) is 5.91 Å². The molecule has 0 aliphatic carbocycles. The maximum atomic E-state index is 12.2. The molecule has 21 heavy (non-hydrogen) atoms. The van der Waals surface area contributed by atoms with E-state index >= 15 is 0 Å². The quantitative estimate of drug-likeness (QED) is 0.871. The molecule has 0 radical (unpaired) electrons. The number of amides is 3. The van der Waals surface area contributed by atoms with Crippen LogP contribution in [-0.4, -0.2) is 31.1 Å². The summed E-state index contributed by atoms with van der Waals surface area (Å²) < 4.78 is 0. The SMILES string of the molecule is CC[C@@H](C)NC(=O)CCNC(=O)N1CCc2ccccc21. The van der Waals surface area contributed by atoms with Crippen LogP contribution in [0.2, 0.25) is 0 Å². The zero-order valence-electron chi connectivity index (χ0n) is 12.7. The van der Waals surface area contributed by atoms with Crippen LogP contribution in [0.5, 0.6) is 0 Å². The van der Waals surface area contributed by atoms with Gasteiger partial charge in [-0.05, 0) is 31.4 Å². The Labute approximate surface area is 125 Å². The summed E-state index contributed by atoms with van der Waals surface area (Å²) in [5.74, 6) is -0.0218. The number of para-hydroxylation sites is 1. The zero-order valence-corrected chi connectivity index (χ0v) is 12.7. The molecular formula is C16H23N3O2. The van der Waals surface area contributed by atoms with Crippen molar-refractivity contribution in [3.05, 3.63) is 29.8 Å². The van der Waals surface area contributed by atoms with Gasteiger partial charge in [-0.1, -0.05) is 25.1 Å². The highest BCUT2D eigenvalue weighted by Gasteiger charge is 2.23. The van der Waals surface area contributed by atoms with E-state index in [1.807, 2.05) is 38.1 Å². The van der Waals surface area contributed by atoms with Gasteiger partial charge in [-0.25, -0.2) is 4.79 Å². The smallest absolute Gasteiger partial charge is 0.321 e. The van der Waals surface area contributed by atoms with Gasteiger partial charge in [0.15, 0.2) is 0 Å². The van der Waals surface area contributed by atoms with E-state index in [2.05, 4.69) is 10.6 Å². The maximum Gasteiger partial charge on any atom is 0.321 e. The molecule has 5 nitrogen and oxygen atoms in total. The number of hydrogen-bond acceptors (Lipinski definition) is 2. The molecule has 2 N–H and O–H groups in total. The fourth-order valence-electron chi connectivity index (χ4n) is 2.38. The van der Waals surface area contributed by atoms with Crippen LogP contribution in [0.15, 0.2) is 24.3 Å². The Kier molecular flexibility index (Phi) is 5.20. The van der Waals surface area contributed by atoms with Crippen molar-refractivity contribution in [1.29, 1.82) is 0 Å². The second-order valence-electron chi connectivity index (χ2n) is 5.39. The van der Waals surface area contributed by atoms with Gasteiger partial charge in [0.25, 0.3) is 0 Å². The number of rotatable bonds is 5. The standard InChI is InChI=1S/C16H23N3O2/c1-3-12(2)18-15(20)8-10-17-16(21)19-11-9-13-6-4-5-7-14(13)19/h4-7,12H,3,8-11H2,1-2H3,(H,17,21)(H,18,20)/t12-/m1/s1. The lowest BCUT2D eigenvalue weighted by atomic mass is 10.2. The molecule has 0 bridgehead atoms. The molecule has 114 valence electrons. The molecule has 2 rings (SSSR count). The molecule has 1 heterocycles. The lowest BCUT2D eigenvalue weighted by molar-refractivity contribution is -0.121. The van der Waals surface area contributed by atoms with Crippen LogP contribution in [0.25, 0.3) is 0 Å². The molecule has 0 fully saturated rings. The van der Waals surface area contributed by atoms with Crippen LogP contribution in [0.4, 0.5) is 10.5 Å². The fraction of sp³-hybridized carbons (Fsp3) is 0.500. The lowest BCUT2D eigenvalue weighted by Crippen LogP contribution is -2.41. The number of anilines is 1. The summed E-state index contributed by atoms with van der Waals surface area (Å²) in [6.45, 7) is 5.05. The first-order valence-corrected chi connectivity index (χ1v) is 7.54. The Morgan fingerprint density at radius 2 is 2.10 bits per heavy atom. The minimum atomic E-state index is -0.128. The third-order valence-electron chi connectivity index (χ3n) is 3.78. The highest BCUT2D eigenvalue weighted by Crippen LogP contribution is 2.27. The molecule has 0 saturated heterocycles. The average Bonchev–Trinajstić information content (AvgIpc) is 2.91. The van der Waals surface area contributed by atoms with Gasteiger partial charge in [-0.15, -0.1) is 0 Å². The third kappa shape index (κ3) is 3.97. The highest BCUT2D eigenvalue weighted by molar-refractivity contribution is 5.94. The van der Waals surface area contributed by atoms with Crippen LogP contribution < -0.4 is 15.5 Å². The number of carbonyl (C=O) groups is 2. The van der Waals surface area contributed by atoms with Crippen LogP contribution in [0.1, 0.15) is 32.3 Å². The summed E-state index contributed by atoms with van der Waals surface area (Å²) in [5.41, 5.74) is 2.17. The Bertz CT molecular complexity index is 516.